The highest BCUT2D eigenvalue weighted by molar-refractivity contribution is 6.00. The van der Waals surface area contributed by atoms with E-state index >= 15 is 0 Å². The Morgan fingerprint density at radius 2 is 1.83 bits per heavy atom. The Morgan fingerprint density at radius 3 is 2.43 bits per heavy atom. The van der Waals surface area contributed by atoms with Crippen molar-refractivity contribution in [3.05, 3.63) is 71.7 Å². The summed E-state index contributed by atoms with van der Waals surface area (Å²) in [5.74, 6) is -0.593. The molecule has 0 saturated heterocycles. The lowest BCUT2D eigenvalue weighted by molar-refractivity contribution is -0.114. The van der Waals surface area contributed by atoms with Crippen molar-refractivity contribution < 1.29 is 19.1 Å². The van der Waals surface area contributed by atoms with Crippen LogP contribution < -0.4 is 5.32 Å². The Hall–Kier alpha value is -3.81. The zero-order valence-corrected chi connectivity index (χ0v) is 17.0. The second-order valence-corrected chi connectivity index (χ2v) is 6.96. The van der Waals surface area contributed by atoms with Gasteiger partial charge in [0.2, 0.25) is 5.91 Å². The van der Waals surface area contributed by atoms with Gasteiger partial charge in [0.1, 0.15) is 5.56 Å². The van der Waals surface area contributed by atoms with Crippen LogP contribution in [0.15, 0.2) is 54.9 Å². The minimum absolute atomic E-state index is 0.0194. The molecule has 8 nitrogen and oxygen atoms in total. The molecule has 0 aliphatic rings. The molecule has 30 heavy (non-hydrogen) atoms. The first-order valence-electron chi connectivity index (χ1n) is 9.44. The number of amides is 1. The first-order valence-corrected chi connectivity index (χ1v) is 9.44. The lowest BCUT2D eigenvalue weighted by atomic mass is 10.1. The van der Waals surface area contributed by atoms with Gasteiger partial charge in [-0.05, 0) is 42.3 Å². The van der Waals surface area contributed by atoms with Gasteiger partial charge >= 0.3 is 5.97 Å². The van der Waals surface area contributed by atoms with Gasteiger partial charge in [0.05, 0.1) is 11.9 Å². The number of esters is 1. The van der Waals surface area contributed by atoms with E-state index in [0.717, 1.165) is 0 Å². The van der Waals surface area contributed by atoms with Crippen LogP contribution in [0.1, 0.15) is 53.1 Å². The third-order valence-corrected chi connectivity index (χ3v) is 4.30. The third-order valence-electron chi connectivity index (χ3n) is 4.30. The summed E-state index contributed by atoms with van der Waals surface area (Å²) >= 11 is 0. The number of carbonyl (C=O) groups is 3. The van der Waals surface area contributed by atoms with Gasteiger partial charge < -0.3 is 10.1 Å². The standard InChI is InChI=1S/C22H22N4O4/c1-14(2)21-18(12-24-26(21)20-6-4-5-11-23-20)22(29)30-13-19(28)16-7-9-17(10-8-16)25-15(3)27/h4-12,14H,13H2,1-3H3,(H,25,27). The molecule has 0 bridgehead atoms. The molecule has 0 saturated carbocycles. The Kier molecular flexibility index (Phi) is 6.36. The molecule has 0 aliphatic carbocycles. The zero-order valence-electron chi connectivity index (χ0n) is 17.0. The van der Waals surface area contributed by atoms with E-state index in [1.807, 2.05) is 19.9 Å². The molecule has 2 aromatic heterocycles. The summed E-state index contributed by atoms with van der Waals surface area (Å²) < 4.78 is 6.85. The third kappa shape index (κ3) is 4.78. The minimum Gasteiger partial charge on any atom is -0.454 e. The van der Waals surface area contributed by atoms with E-state index in [0.29, 0.717) is 28.3 Å². The lowest BCUT2D eigenvalue weighted by Crippen LogP contribution is -2.16. The molecule has 0 radical (unpaired) electrons. The van der Waals surface area contributed by atoms with E-state index in [1.165, 1.54) is 13.1 Å². The number of anilines is 1. The second kappa shape index (κ2) is 9.13. The first-order chi connectivity index (χ1) is 14.4. The number of benzene rings is 1. The average Bonchev–Trinajstić information content (AvgIpc) is 3.18. The molecule has 0 fully saturated rings. The molecule has 0 spiro atoms. The number of aromatic nitrogens is 3. The maximum absolute atomic E-state index is 12.6. The maximum atomic E-state index is 12.6. The topological polar surface area (TPSA) is 103 Å². The molecule has 1 N–H and O–H groups in total. The van der Waals surface area contributed by atoms with E-state index in [4.69, 9.17) is 4.74 Å². The van der Waals surface area contributed by atoms with Gasteiger partial charge in [-0.25, -0.2) is 14.5 Å². The Bertz CT molecular complexity index is 1060. The van der Waals surface area contributed by atoms with Crippen molar-refractivity contribution in [1.82, 2.24) is 14.8 Å². The number of nitrogens with one attached hydrogen (secondary N) is 1. The first kappa shape index (κ1) is 20.9. The summed E-state index contributed by atoms with van der Waals surface area (Å²) in [6.45, 7) is 4.88. The molecule has 154 valence electrons. The number of carbonyl (C=O) groups excluding carboxylic acids is 3. The van der Waals surface area contributed by atoms with Crippen LogP contribution in [0.25, 0.3) is 5.82 Å². The van der Waals surface area contributed by atoms with Crippen LogP contribution in [-0.2, 0) is 9.53 Å². The average molecular weight is 406 g/mol. The van der Waals surface area contributed by atoms with Crippen molar-refractivity contribution in [3.8, 4) is 5.82 Å². The Balaban J connectivity index is 1.71. The molecular weight excluding hydrogens is 384 g/mol. The number of rotatable bonds is 7. The molecule has 3 rings (SSSR count). The fourth-order valence-electron chi connectivity index (χ4n) is 2.97. The van der Waals surface area contributed by atoms with Crippen LogP contribution >= 0.6 is 0 Å². The quantitative estimate of drug-likeness (QED) is 0.477. The summed E-state index contributed by atoms with van der Waals surface area (Å²) in [5.41, 5.74) is 1.92. The van der Waals surface area contributed by atoms with Crippen molar-refractivity contribution >= 4 is 23.3 Å². The summed E-state index contributed by atoms with van der Waals surface area (Å²) in [5, 5.41) is 6.91. The molecule has 0 atom stereocenters. The normalized spacial score (nSPS) is 10.7. The minimum atomic E-state index is -0.621. The summed E-state index contributed by atoms with van der Waals surface area (Å²) in [7, 11) is 0. The van der Waals surface area contributed by atoms with Crippen LogP contribution in [-0.4, -0.2) is 39.0 Å². The van der Waals surface area contributed by atoms with Crippen molar-refractivity contribution in [2.45, 2.75) is 26.7 Å². The predicted molar refractivity (Wildman–Crippen MR) is 111 cm³/mol. The summed E-state index contributed by atoms with van der Waals surface area (Å²) in [4.78, 5) is 40.3. The van der Waals surface area contributed by atoms with Gasteiger partial charge in [0.25, 0.3) is 0 Å². The predicted octanol–water partition coefficient (Wildman–Crippen LogP) is 3.39. The van der Waals surface area contributed by atoms with Gasteiger partial charge in [-0.2, -0.15) is 5.10 Å². The van der Waals surface area contributed by atoms with Crippen molar-refractivity contribution in [3.63, 3.8) is 0 Å². The van der Waals surface area contributed by atoms with Gasteiger partial charge in [-0.3, -0.25) is 9.59 Å². The van der Waals surface area contributed by atoms with E-state index in [2.05, 4.69) is 15.4 Å². The molecule has 0 unspecified atom stereocenters. The van der Waals surface area contributed by atoms with E-state index in [-0.39, 0.29) is 17.6 Å². The number of nitrogens with zero attached hydrogens (tertiary/aromatic N) is 3. The molecular formula is C22H22N4O4. The van der Waals surface area contributed by atoms with Crippen LogP contribution in [0, 0.1) is 0 Å². The van der Waals surface area contributed by atoms with Crippen LogP contribution in [0.4, 0.5) is 5.69 Å². The van der Waals surface area contributed by atoms with Crippen LogP contribution in [0.3, 0.4) is 0 Å². The monoisotopic (exact) mass is 406 g/mol. The highest BCUT2D eigenvalue weighted by atomic mass is 16.5. The van der Waals surface area contributed by atoms with Crippen molar-refractivity contribution in [1.29, 1.82) is 0 Å². The highest BCUT2D eigenvalue weighted by Gasteiger charge is 2.23. The van der Waals surface area contributed by atoms with Crippen molar-refractivity contribution in [2.24, 2.45) is 0 Å². The van der Waals surface area contributed by atoms with Crippen LogP contribution in [0.5, 0.6) is 0 Å². The molecule has 3 aromatic rings. The number of pyridine rings is 1. The fraction of sp³-hybridized carbons (Fsp3) is 0.227. The number of hydrogen-bond donors (Lipinski definition) is 1. The fourth-order valence-corrected chi connectivity index (χ4v) is 2.97. The number of ether oxygens (including phenoxy) is 1. The van der Waals surface area contributed by atoms with Gasteiger partial charge in [-0.15, -0.1) is 0 Å². The number of hydrogen-bond acceptors (Lipinski definition) is 6. The molecule has 0 aliphatic heterocycles. The summed E-state index contributed by atoms with van der Waals surface area (Å²) in [6, 6.07) is 11.8. The van der Waals surface area contributed by atoms with E-state index < -0.39 is 12.6 Å². The van der Waals surface area contributed by atoms with Crippen molar-refractivity contribution in [2.75, 3.05) is 11.9 Å². The van der Waals surface area contributed by atoms with Gasteiger partial charge in [0, 0.05) is 24.4 Å². The zero-order chi connectivity index (χ0) is 21.7. The van der Waals surface area contributed by atoms with Crippen LogP contribution in [0.2, 0.25) is 0 Å². The highest BCUT2D eigenvalue weighted by Crippen LogP contribution is 2.23. The maximum Gasteiger partial charge on any atom is 0.342 e. The number of ketones is 1. The smallest absolute Gasteiger partial charge is 0.342 e. The molecule has 2 heterocycles. The van der Waals surface area contributed by atoms with E-state index in [9.17, 15) is 14.4 Å². The second-order valence-electron chi connectivity index (χ2n) is 6.96. The Labute approximate surface area is 173 Å². The largest absolute Gasteiger partial charge is 0.454 e. The molecule has 8 heteroatoms. The SMILES string of the molecule is CC(=O)Nc1ccc(C(=O)COC(=O)c2cnn(-c3ccccn3)c2C(C)C)cc1. The molecule has 1 amide bonds. The molecule has 1 aromatic carbocycles. The summed E-state index contributed by atoms with van der Waals surface area (Å²) in [6.07, 6.45) is 3.08. The Morgan fingerprint density at radius 1 is 1.10 bits per heavy atom. The number of Topliss-reactive ketones (excluding diaryl/α,β-unsaturated/α-hetero) is 1. The lowest BCUT2D eigenvalue weighted by Gasteiger charge is -2.12. The van der Waals surface area contributed by atoms with Gasteiger partial charge in [-0.1, -0.05) is 19.9 Å². The van der Waals surface area contributed by atoms with E-state index in [1.54, 1.807) is 47.3 Å². The van der Waals surface area contributed by atoms with Gasteiger partial charge in [0.15, 0.2) is 18.2 Å².